The van der Waals surface area contributed by atoms with Gasteiger partial charge in [-0.05, 0) is 30.5 Å². The van der Waals surface area contributed by atoms with E-state index in [1.54, 1.807) is 0 Å². The largest absolute Gasteiger partial charge is 0.310 e. The first kappa shape index (κ1) is 10.5. The molecular formula is C14H17N3. The van der Waals surface area contributed by atoms with Gasteiger partial charge in [-0.3, -0.25) is 4.68 Å². The van der Waals surface area contributed by atoms with Crippen molar-refractivity contribution in [1.29, 1.82) is 0 Å². The Morgan fingerprint density at radius 2 is 2.24 bits per heavy atom. The van der Waals surface area contributed by atoms with Crippen molar-refractivity contribution < 1.29 is 0 Å². The second-order valence-electron chi connectivity index (χ2n) is 4.70. The van der Waals surface area contributed by atoms with Gasteiger partial charge in [0.15, 0.2) is 0 Å². The summed E-state index contributed by atoms with van der Waals surface area (Å²) < 4.78 is 1.91. The van der Waals surface area contributed by atoms with Crippen LogP contribution in [0, 0.1) is 0 Å². The molecular weight excluding hydrogens is 210 g/mol. The summed E-state index contributed by atoms with van der Waals surface area (Å²) in [7, 11) is 1.98. The maximum Gasteiger partial charge on any atom is 0.0678 e. The van der Waals surface area contributed by atoms with E-state index in [1.807, 2.05) is 24.0 Å². The summed E-state index contributed by atoms with van der Waals surface area (Å²) in [5.74, 6) is 0. The van der Waals surface area contributed by atoms with E-state index in [0.29, 0.717) is 0 Å². The van der Waals surface area contributed by atoms with Gasteiger partial charge in [-0.2, -0.15) is 5.10 Å². The minimum absolute atomic E-state index is 0.760. The van der Waals surface area contributed by atoms with Crippen molar-refractivity contribution in [2.45, 2.75) is 25.4 Å². The van der Waals surface area contributed by atoms with Crippen LogP contribution < -0.4 is 5.32 Å². The second kappa shape index (κ2) is 4.34. The number of rotatable bonds is 4. The van der Waals surface area contributed by atoms with E-state index in [0.717, 1.165) is 12.6 Å². The highest BCUT2D eigenvalue weighted by Crippen LogP contribution is 2.21. The van der Waals surface area contributed by atoms with Gasteiger partial charge in [-0.15, -0.1) is 0 Å². The lowest BCUT2D eigenvalue weighted by Crippen LogP contribution is -2.15. The fraction of sp³-hybridized carbons (Fsp3) is 0.357. The number of hydrogen-bond donors (Lipinski definition) is 1. The summed E-state index contributed by atoms with van der Waals surface area (Å²) in [6.07, 6.45) is 4.51. The fourth-order valence-corrected chi connectivity index (χ4v) is 2.05. The zero-order chi connectivity index (χ0) is 11.7. The Morgan fingerprint density at radius 1 is 1.35 bits per heavy atom. The first-order valence-electron chi connectivity index (χ1n) is 6.13. The van der Waals surface area contributed by atoms with Crippen molar-refractivity contribution >= 4 is 0 Å². The Bertz CT molecular complexity index is 512. The Morgan fingerprint density at radius 3 is 2.94 bits per heavy atom. The lowest BCUT2D eigenvalue weighted by molar-refractivity contribution is 0.688. The molecule has 0 radical (unpaired) electrons. The SMILES string of the molecule is Cn1nccc1-c1cccc(CNC2CC2)c1. The molecule has 3 heteroatoms. The summed E-state index contributed by atoms with van der Waals surface area (Å²) in [5, 5.41) is 7.75. The Balaban J connectivity index is 1.80. The number of nitrogens with zero attached hydrogens (tertiary/aromatic N) is 2. The average Bonchev–Trinajstić information content (AvgIpc) is 3.08. The summed E-state index contributed by atoms with van der Waals surface area (Å²) in [5.41, 5.74) is 3.74. The smallest absolute Gasteiger partial charge is 0.0678 e. The molecule has 88 valence electrons. The number of aryl methyl sites for hydroxylation is 1. The van der Waals surface area contributed by atoms with E-state index in [9.17, 15) is 0 Å². The van der Waals surface area contributed by atoms with Crippen LogP contribution in [-0.4, -0.2) is 15.8 Å². The highest BCUT2D eigenvalue weighted by molar-refractivity contribution is 5.60. The maximum absolute atomic E-state index is 4.21. The van der Waals surface area contributed by atoms with Gasteiger partial charge in [0.1, 0.15) is 0 Å². The van der Waals surface area contributed by atoms with Crippen LogP contribution in [0.4, 0.5) is 0 Å². The third-order valence-electron chi connectivity index (χ3n) is 3.22. The normalized spacial score (nSPS) is 15.1. The molecule has 1 heterocycles. The summed E-state index contributed by atoms with van der Waals surface area (Å²) in [6.45, 7) is 0.969. The lowest BCUT2D eigenvalue weighted by Gasteiger charge is -2.06. The van der Waals surface area contributed by atoms with Crippen LogP contribution in [0.25, 0.3) is 11.3 Å². The zero-order valence-corrected chi connectivity index (χ0v) is 10.1. The number of benzene rings is 1. The average molecular weight is 227 g/mol. The molecule has 1 aromatic heterocycles. The van der Waals surface area contributed by atoms with E-state index < -0.39 is 0 Å². The molecule has 3 nitrogen and oxygen atoms in total. The van der Waals surface area contributed by atoms with Crippen LogP contribution in [0.2, 0.25) is 0 Å². The van der Waals surface area contributed by atoms with Gasteiger partial charge in [0.2, 0.25) is 0 Å². The van der Waals surface area contributed by atoms with Crippen LogP contribution in [0.15, 0.2) is 36.5 Å². The highest BCUT2D eigenvalue weighted by atomic mass is 15.3. The standard InChI is InChI=1S/C14H17N3/c1-17-14(7-8-16-17)12-4-2-3-11(9-12)10-15-13-5-6-13/h2-4,7-9,13,15H,5-6,10H2,1H3. The van der Waals surface area contributed by atoms with Crippen molar-refractivity contribution in [3.63, 3.8) is 0 Å². The van der Waals surface area contributed by atoms with Gasteiger partial charge < -0.3 is 5.32 Å². The van der Waals surface area contributed by atoms with Gasteiger partial charge in [0.25, 0.3) is 0 Å². The van der Waals surface area contributed by atoms with E-state index >= 15 is 0 Å². The van der Waals surface area contributed by atoms with Crippen LogP contribution in [0.5, 0.6) is 0 Å². The van der Waals surface area contributed by atoms with Gasteiger partial charge >= 0.3 is 0 Å². The van der Waals surface area contributed by atoms with Crippen LogP contribution in [-0.2, 0) is 13.6 Å². The van der Waals surface area contributed by atoms with Crippen molar-refractivity contribution in [3.8, 4) is 11.3 Å². The molecule has 3 rings (SSSR count). The molecule has 0 unspecified atom stereocenters. The molecule has 1 aliphatic rings. The summed E-state index contributed by atoms with van der Waals surface area (Å²) in [4.78, 5) is 0. The van der Waals surface area contributed by atoms with Gasteiger partial charge in [0, 0.05) is 31.4 Å². The fourth-order valence-electron chi connectivity index (χ4n) is 2.05. The van der Waals surface area contributed by atoms with Crippen LogP contribution >= 0.6 is 0 Å². The molecule has 0 atom stereocenters. The van der Waals surface area contributed by atoms with Crippen LogP contribution in [0.1, 0.15) is 18.4 Å². The predicted octanol–water partition coefficient (Wildman–Crippen LogP) is 2.34. The molecule has 1 aliphatic carbocycles. The zero-order valence-electron chi connectivity index (χ0n) is 10.1. The molecule has 0 saturated heterocycles. The molecule has 1 N–H and O–H groups in total. The highest BCUT2D eigenvalue weighted by Gasteiger charge is 2.19. The van der Waals surface area contributed by atoms with E-state index in [-0.39, 0.29) is 0 Å². The quantitative estimate of drug-likeness (QED) is 0.869. The first-order chi connectivity index (χ1) is 8.33. The van der Waals surface area contributed by atoms with E-state index in [2.05, 4.69) is 34.7 Å². The van der Waals surface area contributed by atoms with Gasteiger partial charge in [-0.25, -0.2) is 0 Å². The number of aromatic nitrogens is 2. The molecule has 1 fully saturated rings. The molecule has 0 aliphatic heterocycles. The van der Waals surface area contributed by atoms with Gasteiger partial charge in [0.05, 0.1) is 5.69 Å². The Labute approximate surface area is 101 Å². The minimum atomic E-state index is 0.760. The molecule has 0 amide bonds. The van der Waals surface area contributed by atoms with E-state index in [4.69, 9.17) is 0 Å². The molecule has 2 aromatic rings. The Hall–Kier alpha value is -1.61. The monoisotopic (exact) mass is 227 g/mol. The molecule has 0 bridgehead atoms. The number of hydrogen-bond acceptors (Lipinski definition) is 2. The van der Waals surface area contributed by atoms with Crippen molar-refractivity contribution in [1.82, 2.24) is 15.1 Å². The van der Waals surface area contributed by atoms with Crippen LogP contribution in [0.3, 0.4) is 0 Å². The minimum Gasteiger partial charge on any atom is -0.310 e. The molecule has 1 aromatic carbocycles. The summed E-state index contributed by atoms with van der Waals surface area (Å²) in [6, 6.07) is 11.5. The van der Waals surface area contributed by atoms with E-state index in [1.165, 1.54) is 29.7 Å². The Kier molecular flexibility index (Phi) is 2.69. The molecule has 1 saturated carbocycles. The van der Waals surface area contributed by atoms with Crippen molar-refractivity contribution in [2.75, 3.05) is 0 Å². The number of nitrogens with one attached hydrogen (secondary N) is 1. The van der Waals surface area contributed by atoms with Crippen molar-refractivity contribution in [2.24, 2.45) is 7.05 Å². The predicted molar refractivity (Wildman–Crippen MR) is 68.5 cm³/mol. The van der Waals surface area contributed by atoms with Gasteiger partial charge in [-0.1, -0.05) is 18.2 Å². The topological polar surface area (TPSA) is 29.9 Å². The molecule has 17 heavy (non-hydrogen) atoms. The second-order valence-corrected chi connectivity index (χ2v) is 4.70. The third-order valence-corrected chi connectivity index (χ3v) is 3.22. The third kappa shape index (κ3) is 2.39. The lowest BCUT2D eigenvalue weighted by atomic mass is 10.1. The first-order valence-corrected chi connectivity index (χ1v) is 6.13. The summed E-state index contributed by atoms with van der Waals surface area (Å²) >= 11 is 0. The molecule has 0 spiro atoms. The maximum atomic E-state index is 4.21. The van der Waals surface area contributed by atoms with Crippen molar-refractivity contribution in [3.05, 3.63) is 42.1 Å².